The van der Waals surface area contributed by atoms with Gasteiger partial charge in [-0.15, -0.1) is 11.3 Å². The number of thiophene rings is 1. The van der Waals surface area contributed by atoms with Crippen molar-refractivity contribution in [3.63, 3.8) is 0 Å². The van der Waals surface area contributed by atoms with Crippen molar-refractivity contribution in [1.82, 2.24) is 0 Å². The summed E-state index contributed by atoms with van der Waals surface area (Å²) in [5.74, 6) is -0.377. The van der Waals surface area contributed by atoms with Crippen LogP contribution in [-0.2, 0) is 10.1 Å². The van der Waals surface area contributed by atoms with Gasteiger partial charge in [-0.1, -0.05) is 6.07 Å². The van der Waals surface area contributed by atoms with Gasteiger partial charge < -0.3 is 4.18 Å². The number of alkyl halides is 3. The molecule has 0 saturated heterocycles. The van der Waals surface area contributed by atoms with Crippen LogP contribution in [0.3, 0.4) is 0 Å². The Morgan fingerprint density at radius 3 is 2.16 bits per heavy atom. The Labute approximate surface area is 111 Å². The fourth-order valence-electron chi connectivity index (χ4n) is 1.29. The summed E-state index contributed by atoms with van der Waals surface area (Å²) in [7, 11) is -5.61. The summed E-state index contributed by atoms with van der Waals surface area (Å²) in [6, 6.07) is 9.02. The largest absolute Gasteiger partial charge is 0.534 e. The van der Waals surface area contributed by atoms with Crippen molar-refractivity contribution >= 4 is 21.5 Å². The normalized spacial score (nSPS) is 12.4. The molecule has 0 spiro atoms. The molecule has 1 aromatic carbocycles. The van der Waals surface area contributed by atoms with Crippen LogP contribution in [-0.4, -0.2) is 13.9 Å². The van der Waals surface area contributed by atoms with Gasteiger partial charge in [0.1, 0.15) is 5.75 Å². The minimum Gasteiger partial charge on any atom is -0.376 e. The number of rotatable bonds is 3. The highest BCUT2D eigenvalue weighted by atomic mass is 32.2. The molecule has 0 saturated carbocycles. The Hall–Kier alpha value is -1.54. The monoisotopic (exact) mass is 308 g/mol. The fourth-order valence-corrected chi connectivity index (χ4v) is 2.48. The zero-order valence-corrected chi connectivity index (χ0v) is 10.8. The second kappa shape index (κ2) is 4.86. The first-order valence-electron chi connectivity index (χ1n) is 4.94. The average Bonchev–Trinajstić information content (AvgIpc) is 2.81. The van der Waals surface area contributed by atoms with Gasteiger partial charge in [0.15, 0.2) is 0 Å². The maximum absolute atomic E-state index is 12.1. The van der Waals surface area contributed by atoms with E-state index in [1.54, 1.807) is 0 Å². The summed E-state index contributed by atoms with van der Waals surface area (Å²) in [5, 5.41) is 1.86. The van der Waals surface area contributed by atoms with Crippen molar-refractivity contribution < 1.29 is 25.8 Å². The molecule has 1 heterocycles. The number of halogens is 3. The van der Waals surface area contributed by atoms with E-state index in [4.69, 9.17) is 0 Å². The van der Waals surface area contributed by atoms with Gasteiger partial charge in [-0.3, -0.25) is 0 Å². The van der Waals surface area contributed by atoms with Crippen LogP contribution in [0.2, 0.25) is 0 Å². The van der Waals surface area contributed by atoms with E-state index < -0.39 is 15.6 Å². The lowest BCUT2D eigenvalue weighted by Gasteiger charge is -2.09. The molecular weight excluding hydrogens is 301 g/mol. The van der Waals surface area contributed by atoms with Crippen LogP contribution in [0.1, 0.15) is 0 Å². The standard InChI is InChI=1S/C11H7F3O3S2/c12-11(13,14)19(15,16)17-9-5-3-8(4-6-9)10-2-1-7-18-10/h1-7H. The van der Waals surface area contributed by atoms with E-state index in [-0.39, 0.29) is 5.75 Å². The molecule has 8 heteroatoms. The molecule has 0 radical (unpaired) electrons. The second-order valence-corrected chi connectivity index (χ2v) is 5.97. The summed E-state index contributed by atoms with van der Waals surface area (Å²) in [6.45, 7) is 0. The summed E-state index contributed by atoms with van der Waals surface area (Å²) < 4.78 is 61.9. The fraction of sp³-hybridized carbons (Fsp3) is 0.0909. The average molecular weight is 308 g/mol. The molecule has 0 aliphatic carbocycles. The van der Waals surface area contributed by atoms with Gasteiger partial charge in [-0.25, -0.2) is 0 Å². The van der Waals surface area contributed by atoms with Gasteiger partial charge >= 0.3 is 15.6 Å². The third-order valence-electron chi connectivity index (χ3n) is 2.15. The van der Waals surface area contributed by atoms with Crippen LogP contribution >= 0.6 is 11.3 Å². The topological polar surface area (TPSA) is 43.4 Å². The number of hydrogen-bond acceptors (Lipinski definition) is 4. The molecule has 0 amide bonds. The third-order valence-corrected chi connectivity index (χ3v) is 4.05. The third kappa shape index (κ3) is 3.07. The van der Waals surface area contributed by atoms with Crippen molar-refractivity contribution in [3.05, 3.63) is 41.8 Å². The minimum absolute atomic E-state index is 0.377. The van der Waals surface area contributed by atoms with Gasteiger partial charge in [0.25, 0.3) is 0 Å². The van der Waals surface area contributed by atoms with Gasteiger partial charge in [-0.05, 0) is 41.3 Å². The van der Waals surface area contributed by atoms with Crippen molar-refractivity contribution in [1.29, 1.82) is 0 Å². The minimum atomic E-state index is -5.61. The van der Waals surface area contributed by atoms with Gasteiger partial charge in [0.2, 0.25) is 0 Å². The summed E-state index contributed by atoms with van der Waals surface area (Å²) >= 11 is 1.46. The summed E-state index contributed by atoms with van der Waals surface area (Å²) in [6.07, 6.45) is 0. The zero-order chi connectivity index (χ0) is 14.1. The molecule has 1 aromatic heterocycles. The van der Waals surface area contributed by atoms with Crippen LogP contribution in [0.5, 0.6) is 5.75 Å². The maximum atomic E-state index is 12.1. The highest BCUT2D eigenvalue weighted by molar-refractivity contribution is 7.88. The molecule has 0 aliphatic heterocycles. The van der Waals surface area contributed by atoms with Crippen molar-refractivity contribution in [2.45, 2.75) is 5.51 Å². The smallest absolute Gasteiger partial charge is 0.376 e. The van der Waals surface area contributed by atoms with Crippen molar-refractivity contribution in [3.8, 4) is 16.2 Å². The maximum Gasteiger partial charge on any atom is 0.534 e. The SMILES string of the molecule is O=S(=O)(Oc1ccc(-c2cccs2)cc1)C(F)(F)F. The Kier molecular flexibility index (Phi) is 3.55. The highest BCUT2D eigenvalue weighted by Crippen LogP contribution is 2.29. The van der Waals surface area contributed by atoms with E-state index in [0.29, 0.717) is 0 Å². The molecule has 0 aliphatic rings. The second-order valence-electron chi connectivity index (χ2n) is 3.48. The van der Waals surface area contributed by atoms with E-state index in [0.717, 1.165) is 10.4 Å². The molecule has 19 heavy (non-hydrogen) atoms. The quantitative estimate of drug-likeness (QED) is 0.642. The molecule has 2 rings (SSSR count). The van der Waals surface area contributed by atoms with Crippen LogP contribution in [0.15, 0.2) is 41.8 Å². The van der Waals surface area contributed by atoms with E-state index in [1.165, 1.54) is 35.6 Å². The molecule has 102 valence electrons. The predicted octanol–water partition coefficient (Wildman–Crippen LogP) is 3.64. The van der Waals surface area contributed by atoms with Crippen molar-refractivity contribution in [2.75, 3.05) is 0 Å². The van der Waals surface area contributed by atoms with Crippen molar-refractivity contribution in [2.24, 2.45) is 0 Å². The predicted molar refractivity (Wildman–Crippen MR) is 65.4 cm³/mol. The molecule has 0 fully saturated rings. The van der Waals surface area contributed by atoms with E-state index in [1.807, 2.05) is 17.5 Å². The summed E-state index contributed by atoms with van der Waals surface area (Å²) in [5.41, 5.74) is -4.66. The first kappa shape index (κ1) is 13.9. The van der Waals surface area contributed by atoms with E-state index >= 15 is 0 Å². The Morgan fingerprint density at radius 2 is 1.68 bits per heavy atom. The molecule has 2 aromatic rings. The first-order chi connectivity index (χ1) is 8.79. The van der Waals surface area contributed by atoms with Crippen LogP contribution in [0.25, 0.3) is 10.4 Å². The molecule has 0 bridgehead atoms. The zero-order valence-electron chi connectivity index (χ0n) is 9.22. The summed E-state index contributed by atoms with van der Waals surface area (Å²) in [4.78, 5) is 0.922. The molecule has 0 unspecified atom stereocenters. The van der Waals surface area contributed by atoms with E-state index in [2.05, 4.69) is 4.18 Å². The van der Waals surface area contributed by atoms with E-state index in [9.17, 15) is 21.6 Å². The van der Waals surface area contributed by atoms with Gasteiger partial charge in [0, 0.05) is 4.88 Å². The van der Waals surface area contributed by atoms with Crippen LogP contribution in [0.4, 0.5) is 13.2 Å². The highest BCUT2D eigenvalue weighted by Gasteiger charge is 2.48. The Bertz CT molecular complexity index is 643. The Morgan fingerprint density at radius 1 is 1.05 bits per heavy atom. The van der Waals surface area contributed by atoms with Crippen LogP contribution in [0, 0.1) is 0 Å². The molecule has 3 nitrogen and oxygen atoms in total. The van der Waals surface area contributed by atoms with Gasteiger partial charge in [-0.2, -0.15) is 21.6 Å². The molecule has 0 N–H and O–H groups in total. The lowest BCUT2D eigenvalue weighted by atomic mass is 10.2. The molecule has 0 atom stereocenters. The van der Waals surface area contributed by atoms with Gasteiger partial charge in [0.05, 0.1) is 0 Å². The Balaban J connectivity index is 2.21. The lowest BCUT2D eigenvalue weighted by molar-refractivity contribution is -0.0500. The number of hydrogen-bond donors (Lipinski definition) is 0. The number of benzene rings is 1. The van der Waals surface area contributed by atoms with Crippen LogP contribution < -0.4 is 4.18 Å². The first-order valence-corrected chi connectivity index (χ1v) is 7.23. The molecular formula is C11H7F3O3S2. The lowest BCUT2D eigenvalue weighted by Crippen LogP contribution is -2.27.